The van der Waals surface area contributed by atoms with Gasteiger partial charge in [-0.15, -0.1) is 0 Å². The molecule has 2 aromatic carbocycles. The minimum Gasteiger partial charge on any atom is -0.496 e. The smallest absolute Gasteiger partial charge is 0.269 e. The molecule has 0 saturated carbocycles. The first kappa shape index (κ1) is 16.0. The van der Waals surface area contributed by atoms with Gasteiger partial charge in [0.05, 0.1) is 11.6 Å². The normalized spacial score (nSPS) is 9.95. The van der Waals surface area contributed by atoms with Crippen LogP contribution in [-0.2, 0) is 0 Å². The van der Waals surface area contributed by atoms with E-state index in [1.54, 1.807) is 37.4 Å². The lowest BCUT2D eigenvalue weighted by Crippen LogP contribution is -2.41. The van der Waals surface area contributed by atoms with Gasteiger partial charge in [0.1, 0.15) is 5.75 Å². The first-order chi connectivity index (χ1) is 10.5. The molecule has 0 fully saturated rings. The third-order valence-electron chi connectivity index (χ3n) is 3.09. The molecule has 0 aliphatic rings. The van der Waals surface area contributed by atoms with Gasteiger partial charge in [0.15, 0.2) is 0 Å². The molecule has 0 bridgehead atoms. The Labute approximate surface area is 136 Å². The molecule has 0 radical (unpaired) electrons. The highest BCUT2D eigenvalue weighted by molar-refractivity contribution is 9.10. The fourth-order valence-corrected chi connectivity index (χ4v) is 2.43. The SMILES string of the molecule is COc1ccc(C(=O)NNC(=O)c2ccccc2C)cc1Br. The number of carbonyl (C=O) groups excluding carboxylic acids is 2. The fourth-order valence-electron chi connectivity index (χ4n) is 1.89. The lowest BCUT2D eigenvalue weighted by atomic mass is 10.1. The average molecular weight is 363 g/mol. The van der Waals surface area contributed by atoms with Crippen molar-refractivity contribution in [1.29, 1.82) is 0 Å². The maximum Gasteiger partial charge on any atom is 0.269 e. The van der Waals surface area contributed by atoms with Crippen molar-refractivity contribution in [3.8, 4) is 5.75 Å². The second kappa shape index (κ2) is 7.09. The highest BCUT2D eigenvalue weighted by Crippen LogP contribution is 2.25. The van der Waals surface area contributed by atoms with Crippen molar-refractivity contribution in [3.05, 3.63) is 63.6 Å². The van der Waals surface area contributed by atoms with Crippen molar-refractivity contribution in [3.63, 3.8) is 0 Å². The minimum absolute atomic E-state index is 0.362. The number of hydrogen-bond acceptors (Lipinski definition) is 3. The van der Waals surface area contributed by atoms with E-state index in [0.717, 1.165) is 5.56 Å². The third kappa shape index (κ3) is 3.65. The van der Waals surface area contributed by atoms with Crippen molar-refractivity contribution >= 4 is 27.7 Å². The van der Waals surface area contributed by atoms with E-state index in [1.165, 1.54) is 0 Å². The van der Waals surface area contributed by atoms with Gasteiger partial charge in [-0.25, -0.2) is 0 Å². The molecule has 0 aliphatic heterocycles. The van der Waals surface area contributed by atoms with Crippen LogP contribution in [0.25, 0.3) is 0 Å². The van der Waals surface area contributed by atoms with E-state index < -0.39 is 5.91 Å². The molecule has 0 heterocycles. The molecule has 2 N–H and O–H groups in total. The standard InChI is InChI=1S/C16H15BrN2O3/c1-10-5-3-4-6-12(10)16(21)19-18-15(20)11-7-8-14(22-2)13(17)9-11/h3-9H,1-2H3,(H,18,20)(H,19,21). The highest BCUT2D eigenvalue weighted by atomic mass is 79.9. The number of methoxy groups -OCH3 is 1. The topological polar surface area (TPSA) is 67.4 Å². The monoisotopic (exact) mass is 362 g/mol. The van der Waals surface area contributed by atoms with Crippen molar-refractivity contribution in [1.82, 2.24) is 10.9 Å². The molecule has 0 unspecified atom stereocenters. The Morgan fingerprint density at radius 1 is 1.05 bits per heavy atom. The first-order valence-corrected chi connectivity index (χ1v) is 7.32. The van der Waals surface area contributed by atoms with Crippen LogP contribution in [0.15, 0.2) is 46.9 Å². The van der Waals surface area contributed by atoms with Crippen LogP contribution < -0.4 is 15.6 Å². The van der Waals surface area contributed by atoms with Crippen molar-refractivity contribution < 1.29 is 14.3 Å². The van der Waals surface area contributed by atoms with Crippen molar-refractivity contribution in [2.75, 3.05) is 7.11 Å². The molecule has 0 atom stereocenters. The molecule has 114 valence electrons. The number of halogens is 1. The zero-order valence-corrected chi connectivity index (χ0v) is 13.7. The van der Waals surface area contributed by atoms with Crippen LogP contribution in [0.2, 0.25) is 0 Å². The summed E-state index contributed by atoms with van der Waals surface area (Å²) < 4.78 is 5.76. The lowest BCUT2D eigenvalue weighted by Gasteiger charge is -2.10. The van der Waals surface area contributed by atoms with Gasteiger partial charge in [0.25, 0.3) is 11.8 Å². The van der Waals surface area contributed by atoms with Gasteiger partial charge in [-0.1, -0.05) is 18.2 Å². The predicted molar refractivity (Wildman–Crippen MR) is 86.8 cm³/mol. The molecule has 2 aromatic rings. The number of rotatable bonds is 3. The van der Waals surface area contributed by atoms with E-state index in [4.69, 9.17) is 4.74 Å². The zero-order chi connectivity index (χ0) is 16.1. The Bertz CT molecular complexity index is 716. The van der Waals surface area contributed by atoms with E-state index in [0.29, 0.717) is 21.3 Å². The van der Waals surface area contributed by atoms with Crippen LogP contribution in [0.5, 0.6) is 5.75 Å². The van der Waals surface area contributed by atoms with Gasteiger partial charge < -0.3 is 4.74 Å². The molecular formula is C16H15BrN2O3. The van der Waals surface area contributed by atoms with Crippen LogP contribution in [0.1, 0.15) is 26.3 Å². The maximum atomic E-state index is 12.0. The number of carbonyl (C=O) groups is 2. The number of amides is 2. The first-order valence-electron chi connectivity index (χ1n) is 6.52. The number of ether oxygens (including phenoxy) is 1. The summed E-state index contributed by atoms with van der Waals surface area (Å²) in [6.45, 7) is 1.83. The Morgan fingerprint density at radius 3 is 2.36 bits per heavy atom. The van der Waals surface area contributed by atoms with Gasteiger partial charge in [-0.2, -0.15) is 0 Å². The fraction of sp³-hybridized carbons (Fsp3) is 0.125. The molecule has 22 heavy (non-hydrogen) atoms. The molecule has 0 spiro atoms. The molecule has 6 heteroatoms. The van der Waals surface area contributed by atoms with Crippen LogP contribution in [0.3, 0.4) is 0 Å². The molecule has 0 aliphatic carbocycles. The van der Waals surface area contributed by atoms with Crippen LogP contribution in [0.4, 0.5) is 0 Å². The van der Waals surface area contributed by atoms with E-state index in [1.807, 2.05) is 19.1 Å². The van der Waals surface area contributed by atoms with Gasteiger partial charge in [0.2, 0.25) is 0 Å². The zero-order valence-electron chi connectivity index (χ0n) is 12.1. The molecule has 0 aromatic heterocycles. The number of aryl methyl sites for hydroxylation is 1. The molecular weight excluding hydrogens is 348 g/mol. The minimum atomic E-state index is -0.412. The number of hydrazine groups is 1. The Kier molecular flexibility index (Phi) is 5.16. The summed E-state index contributed by atoms with van der Waals surface area (Å²) in [6.07, 6.45) is 0. The molecule has 0 saturated heterocycles. The van der Waals surface area contributed by atoms with Gasteiger partial charge in [0, 0.05) is 11.1 Å². The Morgan fingerprint density at radius 2 is 1.73 bits per heavy atom. The van der Waals surface area contributed by atoms with Gasteiger partial charge in [-0.3, -0.25) is 20.4 Å². The molecule has 2 amide bonds. The van der Waals surface area contributed by atoms with E-state index in [9.17, 15) is 9.59 Å². The van der Waals surface area contributed by atoms with Crippen molar-refractivity contribution in [2.45, 2.75) is 6.92 Å². The van der Waals surface area contributed by atoms with Crippen molar-refractivity contribution in [2.24, 2.45) is 0 Å². The van der Waals surface area contributed by atoms with E-state index in [-0.39, 0.29) is 5.91 Å². The maximum absolute atomic E-state index is 12.0. The predicted octanol–water partition coefficient (Wildman–Crippen LogP) is 2.84. The van der Waals surface area contributed by atoms with Crippen LogP contribution in [0, 0.1) is 6.92 Å². The van der Waals surface area contributed by atoms with E-state index in [2.05, 4.69) is 26.8 Å². The second-order valence-corrected chi connectivity index (χ2v) is 5.43. The van der Waals surface area contributed by atoms with Crippen LogP contribution in [-0.4, -0.2) is 18.9 Å². The Balaban J connectivity index is 2.02. The number of hydrogen-bond donors (Lipinski definition) is 2. The largest absolute Gasteiger partial charge is 0.496 e. The van der Waals surface area contributed by atoms with Gasteiger partial charge in [-0.05, 0) is 52.7 Å². The number of benzene rings is 2. The average Bonchev–Trinajstić information content (AvgIpc) is 2.52. The lowest BCUT2D eigenvalue weighted by molar-refractivity contribution is 0.0846. The number of nitrogens with one attached hydrogen (secondary N) is 2. The summed E-state index contributed by atoms with van der Waals surface area (Å²) in [5.74, 6) is -0.148. The second-order valence-electron chi connectivity index (χ2n) is 4.57. The van der Waals surface area contributed by atoms with E-state index >= 15 is 0 Å². The highest BCUT2D eigenvalue weighted by Gasteiger charge is 2.12. The summed E-state index contributed by atoms with van der Waals surface area (Å²) in [5.41, 5.74) is 6.54. The summed E-state index contributed by atoms with van der Waals surface area (Å²) in [7, 11) is 1.54. The quantitative estimate of drug-likeness (QED) is 0.825. The summed E-state index contributed by atoms with van der Waals surface area (Å²) >= 11 is 3.31. The Hall–Kier alpha value is -2.34. The summed E-state index contributed by atoms with van der Waals surface area (Å²) in [6, 6.07) is 12.0. The van der Waals surface area contributed by atoms with Gasteiger partial charge >= 0.3 is 0 Å². The third-order valence-corrected chi connectivity index (χ3v) is 3.71. The summed E-state index contributed by atoms with van der Waals surface area (Å²) in [5, 5.41) is 0. The molecule has 5 nitrogen and oxygen atoms in total. The molecule has 2 rings (SSSR count). The van der Waals surface area contributed by atoms with Crippen LogP contribution >= 0.6 is 15.9 Å². The summed E-state index contributed by atoms with van der Waals surface area (Å²) in [4.78, 5) is 24.0.